The number of carbonyl (C=O) groups excluding carboxylic acids is 2. The fourth-order valence-corrected chi connectivity index (χ4v) is 2.93. The van der Waals surface area contributed by atoms with Gasteiger partial charge in [-0.3, -0.25) is 4.79 Å². The predicted octanol–water partition coefficient (Wildman–Crippen LogP) is 4.19. The maximum Gasteiger partial charge on any atom is 0.349 e. The summed E-state index contributed by atoms with van der Waals surface area (Å²) in [7, 11) is 1.43. The van der Waals surface area contributed by atoms with Gasteiger partial charge in [0.2, 0.25) is 0 Å². The average Bonchev–Trinajstić information content (AvgIpc) is 2.79. The fourth-order valence-electron chi connectivity index (χ4n) is 2.93. The van der Waals surface area contributed by atoms with Crippen LogP contribution in [0.4, 0.5) is 0 Å². The van der Waals surface area contributed by atoms with Gasteiger partial charge in [-0.25, -0.2) is 4.79 Å². The molecule has 0 heterocycles. The van der Waals surface area contributed by atoms with Gasteiger partial charge < -0.3 is 19.5 Å². The molecule has 7 nitrogen and oxygen atoms in total. The minimum Gasteiger partial charge on any atom is -0.493 e. The fraction of sp³-hybridized carbons (Fsp3) is 0.269. The smallest absolute Gasteiger partial charge is 0.349 e. The Morgan fingerprint density at radius 1 is 1.12 bits per heavy atom. The van der Waals surface area contributed by atoms with Crippen molar-refractivity contribution in [2.45, 2.75) is 26.2 Å². The molecule has 2 rings (SSSR count). The highest BCUT2D eigenvalue weighted by Crippen LogP contribution is 2.32. The summed E-state index contributed by atoms with van der Waals surface area (Å²) in [6, 6.07) is 14.1. The molecule has 0 fully saturated rings. The zero-order chi connectivity index (χ0) is 24.4. The Kier molecular flexibility index (Phi) is 8.81. The van der Waals surface area contributed by atoms with Crippen molar-refractivity contribution in [3.63, 3.8) is 0 Å². The van der Waals surface area contributed by atoms with Crippen LogP contribution in [0.2, 0.25) is 0 Å². The van der Waals surface area contributed by atoms with E-state index in [1.54, 1.807) is 12.1 Å². The van der Waals surface area contributed by atoms with E-state index in [1.165, 1.54) is 25.3 Å². The van der Waals surface area contributed by atoms with Crippen LogP contribution in [0.15, 0.2) is 60.7 Å². The number of rotatable bonds is 9. The number of ether oxygens (including phenoxy) is 3. The molecule has 2 aromatic carbocycles. The molecule has 0 saturated carbocycles. The molecule has 1 amide bonds. The van der Waals surface area contributed by atoms with E-state index in [4.69, 9.17) is 14.2 Å². The van der Waals surface area contributed by atoms with Crippen LogP contribution in [0.3, 0.4) is 0 Å². The third kappa shape index (κ3) is 7.25. The first-order valence-corrected chi connectivity index (χ1v) is 10.3. The molecule has 0 aliphatic rings. The molecule has 0 aliphatic carbocycles. The van der Waals surface area contributed by atoms with E-state index in [-0.39, 0.29) is 35.6 Å². The molecule has 0 aliphatic heterocycles. The zero-order valence-corrected chi connectivity index (χ0v) is 19.3. The second-order valence-corrected chi connectivity index (χ2v) is 8.09. The quantitative estimate of drug-likeness (QED) is 0.203. The number of hydrogen-bond acceptors (Lipinski definition) is 6. The van der Waals surface area contributed by atoms with Crippen molar-refractivity contribution in [3.05, 3.63) is 71.8 Å². The molecule has 0 saturated heterocycles. The van der Waals surface area contributed by atoms with Crippen molar-refractivity contribution in [2.75, 3.05) is 20.3 Å². The van der Waals surface area contributed by atoms with E-state index in [0.29, 0.717) is 11.3 Å². The van der Waals surface area contributed by atoms with Gasteiger partial charge >= 0.3 is 5.97 Å². The highest BCUT2D eigenvalue weighted by molar-refractivity contribution is 6.01. The molecule has 0 aromatic heterocycles. The van der Waals surface area contributed by atoms with Crippen LogP contribution in [0, 0.1) is 11.3 Å². The number of amides is 1. The molecule has 7 heteroatoms. The third-order valence-corrected chi connectivity index (χ3v) is 4.54. The normalized spacial score (nSPS) is 11.2. The molecule has 1 N–H and O–H groups in total. The standard InChI is InChI=1S/C26H28N2O5/c1-6-13-28-25(30)19(16-27)14-18-11-12-22(23(15-18)31-5)33-24(29)17-32-21-10-8-7-9-20(21)26(2,3)4/h6-12,14-15H,1,13,17H2,2-5H3,(H,28,30)/b19-14+. The van der Waals surface area contributed by atoms with Crippen molar-refractivity contribution in [1.29, 1.82) is 5.26 Å². The second kappa shape index (κ2) is 11.5. The van der Waals surface area contributed by atoms with Crippen molar-refractivity contribution in [1.82, 2.24) is 5.32 Å². The second-order valence-electron chi connectivity index (χ2n) is 8.09. The molecule has 0 atom stereocenters. The number of nitrogens with zero attached hydrogens (tertiary/aromatic N) is 1. The SMILES string of the molecule is C=CCNC(=O)/C(C#N)=C/c1ccc(OC(=O)COc2ccccc2C(C)(C)C)c(OC)c1. The summed E-state index contributed by atoms with van der Waals surface area (Å²) in [6.45, 7) is 9.68. The summed E-state index contributed by atoms with van der Waals surface area (Å²) < 4.78 is 16.4. The van der Waals surface area contributed by atoms with E-state index in [0.717, 1.165) is 5.56 Å². The third-order valence-electron chi connectivity index (χ3n) is 4.54. The predicted molar refractivity (Wildman–Crippen MR) is 126 cm³/mol. The lowest BCUT2D eigenvalue weighted by Gasteiger charge is -2.22. The molecular formula is C26H28N2O5. The van der Waals surface area contributed by atoms with E-state index < -0.39 is 11.9 Å². The van der Waals surface area contributed by atoms with Gasteiger partial charge in [-0.05, 0) is 40.8 Å². The van der Waals surface area contributed by atoms with E-state index in [9.17, 15) is 14.9 Å². The van der Waals surface area contributed by atoms with Gasteiger partial charge in [0, 0.05) is 6.54 Å². The Labute approximate surface area is 194 Å². The maximum atomic E-state index is 12.4. The van der Waals surface area contributed by atoms with Crippen LogP contribution >= 0.6 is 0 Å². The summed E-state index contributed by atoms with van der Waals surface area (Å²) >= 11 is 0. The summed E-state index contributed by atoms with van der Waals surface area (Å²) in [5, 5.41) is 11.8. The zero-order valence-electron chi connectivity index (χ0n) is 19.3. The van der Waals surface area contributed by atoms with Crippen LogP contribution in [-0.2, 0) is 15.0 Å². The lowest BCUT2D eigenvalue weighted by molar-refractivity contribution is -0.136. The lowest BCUT2D eigenvalue weighted by atomic mass is 9.86. The lowest BCUT2D eigenvalue weighted by Crippen LogP contribution is -2.24. The summed E-state index contributed by atoms with van der Waals surface area (Å²) in [6.07, 6.45) is 2.93. The van der Waals surface area contributed by atoms with Crippen molar-refractivity contribution >= 4 is 18.0 Å². The molecule has 172 valence electrons. The average molecular weight is 449 g/mol. The molecule has 0 spiro atoms. The minimum atomic E-state index is -0.596. The minimum absolute atomic E-state index is 0.0745. The van der Waals surface area contributed by atoms with Gasteiger partial charge in [0.1, 0.15) is 17.4 Å². The number of methoxy groups -OCH3 is 1. The Hall–Kier alpha value is -4.05. The van der Waals surface area contributed by atoms with Gasteiger partial charge in [-0.15, -0.1) is 6.58 Å². The number of esters is 1. The monoisotopic (exact) mass is 448 g/mol. The Morgan fingerprint density at radius 3 is 2.48 bits per heavy atom. The van der Waals surface area contributed by atoms with E-state index in [1.807, 2.05) is 30.3 Å². The summed E-state index contributed by atoms with van der Waals surface area (Å²) in [4.78, 5) is 24.4. The molecule has 2 aromatic rings. The highest BCUT2D eigenvalue weighted by Gasteiger charge is 2.19. The van der Waals surface area contributed by atoms with Crippen LogP contribution in [0.5, 0.6) is 17.2 Å². The number of nitriles is 1. The maximum absolute atomic E-state index is 12.4. The van der Waals surface area contributed by atoms with Crippen molar-refractivity contribution < 1.29 is 23.8 Å². The van der Waals surface area contributed by atoms with E-state index in [2.05, 4.69) is 32.7 Å². The molecule has 0 radical (unpaired) electrons. The van der Waals surface area contributed by atoms with Crippen LogP contribution in [0.1, 0.15) is 31.9 Å². The summed E-state index contributed by atoms with van der Waals surface area (Å²) in [5.74, 6) is -0.0208. The number of carbonyl (C=O) groups is 2. The van der Waals surface area contributed by atoms with Gasteiger partial charge in [0.05, 0.1) is 7.11 Å². The number of para-hydroxylation sites is 1. The van der Waals surface area contributed by atoms with Gasteiger partial charge in [0.25, 0.3) is 5.91 Å². The Balaban J connectivity index is 2.12. The molecule has 0 bridgehead atoms. The largest absolute Gasteiger partial charge is 0.493 e. The number of hydrogen-bond donors (Lipinski definition) is 1. The van der Waals surface area contributed by atoms with Gasteiger partial charge in [-0.2, -0.15) is 5.26 Å². The first-order valence-electron chi connectivity index (χ1n) is 10.3. The summed E-state index contributed by atoms with van der Waals surface area (Å²) in [5.41, 5.74) is 1.30. The topological polar surface area (TPSA) is 97.7 Å². The number of benzene rings is 2. The Morgan fingerprint density at radius 2 is 1.85 bits per heavy atom. The van der Waals surface area contributed by atoms with E-state index >= 15 is 0 Å². The molecular weight excluding hydrogens is 420 g/mol. The Bertz CT molecular complexity index is 1090. The van der Waals surface area contributed by atoms with Crippen LogP contribution in [0.25, 0.3) is 6.08 Å². The highest BCUT2D eigenvalue weighted by atomic mass is 16.6. The van der Waals surface area contributed by atoms with Crippen molar-refractivity contribution in [2.24, 2.45) is 0 Å². The van der Waals surface area contributed by atoms with Crippen molar-refractivity contribution in [3.8, 4) is 23.3 Å². The van der Waals surface area contributed by atoms with Gasteiger partial charge in [0.15, 0.2) is 18.1 Å². The number of nitrogens with one attached hydrogen (secondary N) is 1. The molecule has 33 heavy (non-hydrogen) atoms. The van der Waals surface area contributed by atoms with Crippen LogP contribution in [-0.4, -0.2) is 32.1 Å². The molecule has 0 unspecified atom stereocenters. The first-order chi connectivity index (χ1) is 15.7. The first kappa shape index (κ1) is 25.2. The van der Waals surface area contributed by atoms with Gasteiger partial charge in [-0.1, -0.05) is 51.1 Å². The van der Waals surface area contributed by atoms with Crippen LogP contribution < -0.4 is 19.5 Å².